The highest BCUT2D eigenvalue weighted by molar-refractivity contribution is 9.10. The standard InChI is InChI=1S/C9H6BrF6N/c10-4-1-2-6(11)5(3-4)7(17)8(12,13)9(14,15)16/h1-3,7H,17H2/t7-/m1/s1. The summed E-state index contributed by atoms with van der Waals surface area (Å²) in [6.07, 6.45) is -5.83. The third kappa shape index (κ3) is 2.74. The first-order valence-corrected chi connectivity index (χ1v) is 5.01. The molecular weight excluding hydrogens is 316 g/mol. The normalized spacial score (nSPS) is 14.8. The molecule has 96 valence electrons. The molecule has 1 nitrogen and oxygen atoms in total. The maximum Gasteiger partial charge on any atom is 0.455 e. The van der Waals surface area contributed by atoms with Crippen molar-refractivity contribution < 1.29 is 26.3 Å². The molecule has 0 aromatic heterocycles. The SMILES string of the molecule is N[C@H](c1cc(Br)ccc1F)C(F)(F)C(F)(F)F. The Balaban J connectivity index is 3.21. The van der Waals surface area contributed by atoms with Gasteiger partial charge in [-0.25, -0.2) is 4.39 Å². The molecule has 17 heavy (non-hydrogen) atoms. The van der Waals surface area contributed by atoms with Gasteiger partial charge < -0.3 is 5.73 Å². The molecule has 0 saturated carbocycles. The predicted molar refractivity (Wildman–Crippen MR) is 52.0 cm³/mol. The van der Waals surface area contributed by atoms with E-state index in [2.05, 4.69) is 15.9 Å². The summed E-state index contributed by atoms with van der Waals surface area (Å²) in [4.78, 5) is 0. The van der Waals surface area contributed by atoms with Crippen LogP contribution in [0.5, 0.6) is 0 Å². The van der Waals surface area contributed by atoms with Gasteiger partial charge in [0.2, 0.25) is 0 Å². The average Bonchev–Trinajstić information content (AvgIpc) is 2.19. The predicted octanol–water partition coefficient (Wildman–Crippen LogP) is 3.79. The highest BCUT2D eigenvalue weighted by Crippen LogP contribution is 2.44. The molecule has 8 heteroatoms. The molecule has 2 N–H and O–H groups in total. The molecule has 1 atom stereocenters. The lowest BCUT2D eigenvalue weighted by Crippen LogP contribution is -2.46. The summed E-state index contributed by atoms with van der Waals surface area (Å²) in [7, 11) is 0. The van der Waals surface area contributed by atoms with Crippen molar-refractivity contribution in [3.63, 3.8) is 0 Å². The van der Waals surface area contributed by atoms with Gasteiger partial charge in [0.15, 0.2) is 0 Å². The Morgan fingerprint density at radius 3 is 2.12 bits per heavy atom. The molecule has 0 heterocycles. The van der Waals surface area contributed by atoms with Crippen LogP contribution in [0.15, 0.2) is 22.7 Å². The fourth-order valence-corrected chi connectivity index (χ4v) is 1.50. The van der Waals surface area contributed by atoms with E-state index in [0.717, 1.165) is 18.2 Å². The van der Waals surface area contributed by atoms with E-state index in [0.29, 0.717) is 0 Å². The van der Waals surface area contributed by atoms with Crippen LogP contribution in [0.25, 0.3) is 0 Å². The molecule has 0 fully saturated rings. The summed E-state index contributed by atoms with van der Waals surface area (Å²) in [6.45, 7) is 0. The van der Waals surface area contributed by atoms with Gasteiger partial charge in [0.1, 0.15) is 11.9 Å². The molecular formula is C9H6BrF6N. The highest BCUT2D eigenvalue weighted by Gasteiger charge is 2.62. The van der Waals surface area contributed by atoms with Crippen molar-refractivity contribution in [1.29, 1.82) is 0 Å². The number of hydrogen-bond acceptors (Lipinski definition) is 1. The van der Waals surface area contributed by atoms with Crippen molar-refractivity contribution in [2.45, 2.75) is 18.1 Å². The third-order valence-corrected chi connectivity index (χ3v) is 2.55. The Labute approximate surface area is 101 Å². The number of nitrogens with two attached hydrogens (primary N) is 1. The molecule has 0 aliphatic heterocycles. The Morgan fingerprint density at radius 2 is 1.65 bits per heavy atom. The Morgan fingerprint density at radius 1 is 1.12 bits per heavy atom. The van der Waals surface area contributed by atoms with E-state index in [1.54, 1.807) is 0 Å². The zero-order chi connectivity index (χ0) is 13.4. The van der Waals surface area contributed by atoms with E-state index in [1.807, 2.05) is 0 Å². The Hall–Kier alpha value is -0.760. The fraction of sp³-hybridized carbons (Fsp3) is 0.333. The number of halogens is 7. The molecule has 0 spiro atoms. The first-order valence-electron chi connectivity index (χ1n) is 4.22. The molecule has 1 aromatic rings. The van der Waals surface area contributed by atoms with Gasteiger partial charge >= 0.3 is 12.1 Å². The van der Waals surface area contributed by atoms with Crippen LogP contribution in [0.2, 0.25) is 0 Å². The number of benzene rings is 1. The topological polar surface area (TPSA) is 26.0 Å². The molecule has 0 bridgehead atoms. The Bertz CT molecular complexity index is 416. The van der Waals surface area contributed by atoms with Crippen molar-refractivity contribution in [1.82, 2.24) is 0 Å². The second-order valence-corrected chi connectivity index (χ2v) is 4.18. The van der Waals surface area contributed by atoms with E-state index < -0.39 is 29.5 Å². The molecule has 1 rings (SSSR count). The maximum absolute atomic E-state index is 13.1. The summed E-state index contributed by atoms with van der Waals surface area (Å²) >= 11 is 2.83. The van der Waals surface area contributed by atoms with Crippen LogP contribution < -0.4 is 5.73 Å². The van der Waals surface area contributed by atoms with E-state index in [4.69, 9.17) is 5.73 Å². The zero-order valence-corrected chi connectivity index (χ0v) is 9.62. The number of rotatable bonds is 2. The van der Waals surface area contributed by atoms with Crippen molar-refractivity contribution in [3.8, 4) is 0 Å². The van der Waals surface area contributed by atoms with Crippen LogP contribution in [-0.4, -0.2) is 12.1 Å². The molecule has 0 aliphatic carbocycles. The van der Waals surface area contributed by atoms with Gasteiger partial charge in [-0.1, -0.05) is 15.9 Å². The van der Waals surface area contributed by atoms with Gasteiger partial charge in [0, 0.05) is 10.0 Å². The lowest BCUT2D eigenvalue weighted by molar-refractivity contribution is -0.291. The summed E-state index contributed by atoms with van der Waals surface area (Å²) in [5, 5.41) is 0. The second-order valence-electron chi connectivity index (χ2n) is 3.26. The fourth-order valence-electron chi connectivity index (χ4n) is 1.12. The van der Waals surface area contributed by atoms with Gasteiger partial charge in [-0.05, 0) is 18.2 Å². The van der Waals surface area contributed by atoms with E-state index in [1.165, 1.54) is 0 Å². The monoisotopic (exact) mass is 321 g/mol. The summed E-state index contributed by atoms with van der Waals surface area (Å²) < 4.78 is 75.2. The van der Waals surface area contributed by atoms with Gasteiger partial charge in [-0.2, -0.15) is 22.0 Å². The van der Waals surface area contributed by atoms with Crippen molar-refractivity contribution in [3.05, 3.63) is 34.1 Å². The van der Waals surface area contributed by atoms with Crippen LogP contribution in [0.4, 0.5) is 26.3 Å². The van der Waals surface area contributed by atoms with E-state index in [9.17, 15) is 26.3 Å². The van der Waals surface area contributed by atoms with E-state index in [-0.39, 0.29) is 4.47 Å². The highest BCUT2D eigenvalue weighted by atomic mass is 79.9. The van der Waals surface area contributed by atoms with Gasteiger partial charge in [-0.15, -0.1) is 0 Å². The van der Waals surface area contributed by atoms with Crippen molar-refractivity contribution in [2.24, 2.45) is 5.73 Å². The summed E-state index contributed by atoms with van der Waals surface area (Å²) in [5.74, 6) is -6.42. The largest absolute Gasteiger partial charge is 0.455 e. The molecule has 0 aliphatic rings. The van der Waals surface area contributed by atoms with Crippen molar-refractivity contribution in [2.75, 3.05) is 0 Å². The Kier molecular flexibility index (Phi) is 3.78. The molecule has 0 radical (unpaired) electrons. The van der Waals surface area contributed by atoms with Crippen LogP contribution in [0.1, 0.15) is 11.6 Å². The molecule has 0 saturated heterocycles. The van der Waals surface area contributed by atoms with Gasteiger partial charge in [0.25, 0.3) is 0 Å². The quantitative estimate of drug-likeness (QED) is 0.824. The molecule has 1 aromatic carbocycles. The lowest BCUT2D eigenvalue weighted by Gasteiger charge is -2.26. The zero-order valence-electron chi connectivity index (χ0n) is 8.03. The van der Waals surface area contributed by atoms with Gasteiger partial charge in [-0.3, -0.25) is 0 Å². The van der Waals surface area contributed by atoms with Crippen LogP contribution in [0.3, 0.4) is 0 Å². The minimum Gasteiger partial charge on any atom is -0.319 e. The molecule has 0 amide bonds. The second kappa shape index (κ2) is 4.49. The third-order valence-electron chi connectivity index (χ3n) is 2.06. The molecule has 0 unspecified atom stereocenters. The van der Waals surface area contributed by atoms with Crippen LogP contribution >= 0.6 is 15.9 Å². The van der Waals surface area contributed by atoms with Crippen LogP contribution in [-0.2, 0) is 0 Å². The maximum atomic E-state index is 13.1. The average molecular weight is 322 g/mol. The first-order chi connectivity index (χ1) is 7.57. The summed E-state index contributed by atoms with van der Waals surface area (Å²) in [6, 6.07) is -0.0807. The van der Waals surface area contributed by atoms with E-state index >= 15 is 0 Å². The number of hydrogen-bond donors (Lipinski definition) is 1. The summed E-state index contributed by atoms with van der Waals surface area (Å²) in [5.41, 5.74) is 3.90. The minimum absolute atomic E-state index is 0.155. The smallest absolute Gasteiger partial charge is 0.319 e. The minimum atomic E-state index is -5.83. The first kappa shape index (κ1) is 14.3. The van der Waals surface area contributed by atoms with Crippen LogP contribution in [0, 0.1) is 5.82 Å². The van der Waals surface area contributed by atoms with Gasteiger partial charge in [0.05, 0.1) is 0 Å². The van der Waals surface area contributed by atoms with Crippen molar-refractivity contribution >= 4 is 15.9 Å². The lowest BCUT2D eigenvalue weighted by atomic mass is 10.0. The number of alkyl halides is 5.